The van der Waals surface area contributed by atoms with Crippen LogP contribution < -0.4 is 5.32 Å². The molecular weight excluding hydrogens is 196 g/mol. The van der Waals surface area contributed by atoms with Crippen LogP contribution >= 0.6 is 11.5 Å². The molecule has 0 radical (unpaired) electrons. The lowest BCUT2D eigenvalue weighted by Gasteiger charge is -2.36. The van der Waals surface area contributed by atoms with Crippen molar-refractivity contribution in [2.24, 2.45) is 0 Å². The van der Waals surface area contributed by atoms with E-state index in [-0.39, 0.29) is 0 Å². The standard InChI is InChI=1S/C9H16N4S/c1-6(2)8-11-9(14-12-8)10-7-4-13(3)5-7/h6-7H,4-5H2,1-3H3,(H,10,11,12). The summed E-state index contributed by atoms with van der Waals surface area (Å²) in [5, 5.41) is 4.35. The van der Waals surface area contributed by atoms with E-state index in [0.717, 1.165) is 24.0 Å². The van der Waals surface area contributed by atoms with E-state index in [0.29, 0.717) is 12.0 Å². The molecule has 1 N–H and O–H groups in total. The van der Waals surface area contributed by atoms with E-state index >= 15 is 0 Å². The number of rotatable bonds is 3. The average Bonchev–Trinajstić information content (AvgIpc) is 2.50. The van der Waals surface area contributed by atoms with Crippen molar-refractivity contribution in [3.63, 3.8) is 0 Å². The predicted molar refractivity (Wildman–Crippen MR) is 58.9 cm³/mol. The van der Waals surface area contributed by atoms with Crippen molar-refractivity contribution in [1.82, 2.24) is 14.3 Å². The molecule has 1 aromatic heterocycles. The van der Waals surface area contributed by atoms with Gasteiger partial charge in [-0.2, -0.15) is 4.37 Å². The molecule has 4 nitrogen and oxygen atoms in total. The Balaban J connectivity index is 1.90. The van der Waals surface area contributed by atoms with Gasteiger partial charge in [-0.25, -0.2) is 4.98 Å². The molecule has 78 valence electrons. The summed E-state index contributed by atoms with van der Waals surface area (Å²) in [6.45, 7) is 6.44. The number of hydrogen-bond donors (Lipinski definition) is 1. The molecule has 1 saturated heterocycles. The Morgan fingerprint density at radius 3 is 2.71 bits per heavy atom. The Morgan fingerprint density at radius 2 is 2.21 bits per heavy atom. The van der Waals surface area contributed by atoms with E-state index in [2.05, 4.69) is 40.5 Å². The average molecular weight is 212 g/mol. The minimum absolute atomic E-state index is 0.422. The highest BCUT2D eigenvalue weighted by molar-refractivity contribution is 7.09. The number of hydrogen-bond acceptors (Lipinski definition) is 5. The molecule has 0 atom stereocenters. The SMILES string of the molecule is CC(C)c1nsc(NC2CN(C)C2)n1. The maximum atomic E-state index is 4.43. The monoisotopic (exact) mass is 212 g/mol. The zero-order valence-electron chi connectivity index (χ0n) is 8.82. The van der Waals surface area contributed by atoms with Gasteiger partial charge in [0.2, 0.25) is 5.13 Å². The second-order valence-electron chi connectivity index (χ2n) is 4.17. The lowest BCUT2D eigenvalue weighted by Crippen LogP contribution is -2.52. The highest BCUT2D eigenvalue weighted by atomic mass is 32.1. The van der Waals surface area contributed by atoms with E-state index in [4.69, 9.17) is 0 Å². The molecular formula is C9H16N4S. The van der Waals surface area contributed by atoms with Crippen LogP contribution in [0.15, 0.2) is 0 Å². The van der Waals surface area contributed by atoms with Crippen LogP contribution in [0.5, 0.6) is 0 Å². The van der Waals surface area contributed by atoms with Gasteiger partial charge < -0.3 is 10.2 Å². The number of likely N-dealkylation sites (N-methyl/N-ethyl adjacent to an activating group) is 1. The van der Waals surface area contributed by atoms with Crippen LogP contribution in [-0.2, 0) is 0 Å². The predicted octanol–water partition coefficient (Wildman–Crippen LogP) is 1.39. The highest BCUT2D eigenvalue weighted by Crippen LogP contribution is 2.19. The Kier molecular flexibility index (Phi) is 2.69. The number of likely N-dealkylation sites (tertiary alicyclic amines) is 1. The summed E-state index contributed by atoms with van der Waals surface area (Å²) >= 11 is 1.47. The van der Waals surface area contributed by atoms with Gasteiger partial charge in [-0.1, -0.05) is 13.8 Å². The number of nitrogens with one attached hydrogen (secondary N) is 1. The van der Waals surface area contributed by atoms with Gasteiger partial charge in [0.25, 0.3) is 0 Å². The molecule has 2 heterocycles. The first kappa shape index (κ1) is 9.86. The van der Waals surface area contributed by atoms with Crippen molar-refractivity contribution in [3.05, 3.63) is 5.82 Å². The molecule has 0 spiro atoms. The fraction of sp³-hybridized carbons (Fsp3) is 0.778. The quantitative estimate of drug-likeness (QED) is 0.822. The van der Waals surface area contributed by atoms with Crippen LogP contribution in [0.3, 0.4) is 0 Å². The second-order valence-corrected chi connectivity index (χ2v) is 4.93. The van der Waals surface area contributed by atoms with Crippen LogP contribution in [0.2, 0.25) is 0 Å². The zero-order valence-corrected chi connectivity index (χ0v) is 9.64. The first-order valence-electron chi connectivity index (χ1n) is 4.94. The smallest absolute Gasteiger partial charge is 0.202 e. The lowest BCUT2D eigenvalue weighted by molar-refractivity contribution is 0.205. The number of aromatic nitrogens is 2. The van der Waals surface area contributed by atoms with E-state index < -0.39 is 0 Å². The molecule has 5 heteroatoms. The molecule has 0 unspecified atom stereocenters. The molecule has 14 heavy (non-hydrogen) atoms. The molecule has 1 aromatic rings. The van der Waals surface area contributed by atoms with Gasteiger partial charge in [0.15, 0.2) is 0 Å². The number of nitrogens with zero attached hydrogens (tertiary/aromatic N) is 3. The lowest BCUT2D eigenvalue weighted by atomic mass is 10.1. The van der Waals surface area contributed by atoms with E-state index in [9.17, 15) is 0 Å². The fourth-order valence-corrected chi connectivity index (χ4v) is 2.28. The summed E-state index contributed by atoms with van der Waals surface area (Å²) in [7, 11) is 2.12. The summed E-state index contributed by atoms with van der Waals surface area (Å²) in [6, 6.07) is 0.563. The Hall–Kier alpha value is -0.680. The number of anilines is 1. The van der Waals surface area contributed by atoms with Gasteiger partial charge in [0.05, 0.1) is 6.04 Å². The Morgan fingerprint density at radius 1 is 1.50 bits per heavy atom. The van der Waals surface area contributed by atoms with Crippen LogP contribution in [0.4, 0.5) is 5.13 Å². The minimum Gasteiger partial charge on any atom is -0.355 e. The molecule has 0 amide bonds. The summed E-state index contributed by atoms with van der Waals surface area (Å²) < 4.78 is 4.30. The van der Waals surface area contributed by atoms with Crippen LogP contribution in [0.25, 0.3) is 0 Å². The molecule has 0 aliphatic carbocycles. The summed E-state index contributed by atoms with van der Waals surface area (Å²) in [5.74, 6) is 1.37. The molecule has 1 aliphatic rings. The second kappa shape index (κ2) is 3.82. The van der Waals surface area contributed by atoms with E-state index in [1.807, 2.05) is 0 Å². The highest BCUT2D eigenvalue weighted by Gasteiger charge is 2.23. The maximum Gasteiger partial charge on any atom is 0.202 e. The van der Waals surface area contributed by atoms with Crippen molar-refractivity contribution >= 4 is 16.7 Å². The molecule has 2 rings (SSSR count). The first-order chi connectivity index (χ1) is 6.65. The van der Waals surface area contributed by atoms with Crippen LogP contribution in [-0.4, -0.2) is 40.4 Å². The van der Waals surface area contributed by atoms with Gasteiger partial charge in [-0.05, 0) is 7.05 Å². The van der Waals surface area contributed by atoms with Crippen molar-refractivity contribution in [2.45, 2.75) is 25.8 Å². The summed E-state index contributed by atoms with van der Waals surface area (Å²) in [4.78, 5) is 6.71. The van der Waals surface area contributed by atoms with Gasteiger partial charge in [-0.15, -0.1) is 0 Å². The van der Waals surface area contributed by atoms with E-state index in [1.54, 1.807) is 0 Å². The fourth-order valence-electron chi connectivity index (χ4n) is 1.49. The van der Waals surface area contributed by atoms with Crippen LogP contribution in [0, 0.1) is 0 Å². The minimum atomic E-state index is 0.422. The maximum absolute atomic E-state index is 4.43. The summed E-state index contributed by atoms with van der Waals surface area (Å²) in [5.41, 5.74) is 0. The normalized spacial score (nSPS) is 18.6. The first-order valence-corrected chi connectivity index (χ1v) is 5.71. The third-order valence-corrected chi connectivity index (χ3v) is 3.01. The molecule has 0 aromatic carbocycles. The van der Waals surface area contributed by atoms with Gasteiger partial charge in [0, 0.05) is 30.5 Å². The van der Waals surface area contributed by atoms with Crippen molar-refractivity contribution in [1.29, 1.82) is 0 Å². The third-order valence-electron chi connectivity index (χ3n) is 2.35. The van der Waals surface area contributed by atoms with Crippen molar-refractivity contribution < 1.29 is 0 Å². The van der Waals surface area contributed by atoms with E-state index in [1.165, 1.54) is 11.5 Å². The van der Waals surface area contributed by atoms with Crippen molar-refractivity contribution in [2.75, 3.05) is 25.5 Å². The molecule has 0 bridgehead atoms. The zero-order chi connectivity index (χ0) is 10.1. The molecule has 1 fully saturated rings. The topological polar surface area (TPSA) is 41.1 Å². The Bertz CT molecular complexity index is 304. The van der Waals surface area contributed by atoms with Gasteiger partial charge in [0.1, 0.15) is 5.82 Å². The van der Waals surface area contributed by atoms with Gasteiger partial charge >= 0.3 is 0 Å². The van der Waals surface area contributed by atoms with Crippen molar-refractivity contribution in [3.8, 4) is 0 Å². The Labute approximate surface area is 88.5 Å². The molecule has 0 saturated carbocycles. The largest absolute Gasteiger partial charge is 0.355 e. The molecule has 1 aliphatic heterocycles. The van der Waals surface area contributed by atoms with Crippen LogP contribution in [0.1, 0.15) is 25.6 Å². The van der Waals surface area contributed by atoms with Gasteiger partial charge in [-0.3, -0.25) is 0 Å². The third kappa shape index (κ3) is 2.04. The summed E-state index contributed by atoms with van der Waals surface area (Å²) in [6.07, 6.45) is 0.